The number of hydrogen-bond donors (Lipinski definition) is 2. The fourth-order valence-electron chi connectivity index (χ4n) is 3.67. The van der Waals surface area contributed by atoms with Crippen molar-refractivity contribution in [3.8, 4) is 16.9 Å². The number of carboxylic acid groups (broad SMARTS) is 1. The summed E-state index contributed by atoms with van der Waals surface area (Å²) in [5.41, 5.74) is 3.88. The lowest BCUT2D eigenvalue weighted by molar-refractivity contribution is -0.139. The Kier molecular flexibility index (Phi) is 8.26. The fraction of sp³-hybridized carbons (Fsp3) is 0.103. The normalized spacial score (nSPS) is 11.5. The van der Waals surface area contributed by atoms with E-state index in [0.717, 1.165) is 22.3 Å². The summed E-state index contributed by atoms with van der Waals surface area (Å²) in [5, 5.41) is 13.1. The molecular weight excluding hydrogens is 497 g/mol. The van der Waals surface area contributed by atoms with E-state index >= 15 is 0 Å². The smallest absolute Gasteiger partial charge is 0.326 e. The van der Waals surface area contributed by atoms with Gasteiger partial charge in [0, 0.05) is 17.5 Å². The van der Waals surface area contributed by atoms with Gasteiger partial charge in [0.2, 0.25) is 0 Å². The monoisotopic (exact) mass is 519 g/mol. The van der Waals surface area contributed by atoms with Gasteiger partial charge in [-0.05, 0) is 47.0 Å². The van der Waals surface area contributed by atoms with Gasteiger partial charge in [-0.2, -0.15) is 0 Å². The summed E-state index contributed by atoms with van der Waals surface area (Å²) in [7, 11) is 0. The van der Waals surface area contributed by atoms with E-state index in [1.165, 1.54) is 0 Å². The Balaban J connectivity index is 1.37. The van der Waals surface area contributed by atoms with Gasteiger partial charge in [-0.3, -0.25) is 4.79 Å². The van der Waals surface area contributed by atoms with Gasteiger partial charge in [-0.15, -0.1) is 0 Å². The molecule has 0 saturated carbocycles. The van der Waals surface area contributed by atoms with Crippen molar-refractivity contribution < 1.29 is 19.4 Å². The number of rotatable bonds is 9. The lowest BCUT2D eigenvalue weighted by Gasteiger charge is -2.15. The minimum absolute atomic E-state index is 0.206. The highest BCUT2D eigenvalue weighted by atomic mass is 35.5. The first-order chi connectivity index (χ1) is 17.4. The van der Waals surface area contributed by atoms with Crippen LogP contribution >= 0.6 is 23.2 Å². The number of amides is 1. The maximum absolute atomic E-state index is 12.7. The van der Waals surface area contributed by atoms with Gasteiger partial charge in [0.25, 0.3) is 5.91 Å². The Morgan fingerprint density at radius 2 is 1.44 bits per heavy atom. The number of ether oxygens (including phenoxy) is 1. The van der Waals surface area contributed by atoms with Crippen LogP contribution in [0.1, 0.15) is 21.5 Å². The van der Waals surface area contributed by atoms with Gasteiger partial charge in [-0.1, -0.05) is 89.9 Å². The van der Waals surface area contributed by atoms with Crippen molar-refractivity contribution >= 4 is 35.1 Å². The van der Waals surface area contributed by atoms with Crippen molar-refractivity contribution in [1.82, 2.24) is 5.32 Å². The zero-order chi connectivity index (χ0) is 25.5. The molecule has 0 bridgehead atoms. The molecule has 0 fully saturated rings. The number of carboxylic acids is 1. The molecule has 2 N–H and O–H groups in total. The third-order valence-corrected chi connectivity index (χ3v) is 6.50. The lowest BCUT2D eigenvalue weighted by Crippen LogP contribution is -2.42. The molecule has 0 spiro atoms. The molecule has 4 rings (SSSR count). The van der Waals surface area contributed by atoms with Crippen LogP contribution < -0.4 is 10.1 Å². The molecule has 7 heteroatoms. The fourth-order valence-corrected chi connectivity index (χ4v) is 4.04. The number of aliphatic carboxylic acids is 1. The highest BCUT2D eigenvalue weighted by Gasteiger charge is 2.21. The SMILES string of the molecule is O=C(NC(Cc1ccccc1)C(=O)O)c1ccc(-c2ccc(OCc3cccc(Cl)c3Cl)cc2)cc1. The summed E-state index contributed by atoms with van der Waals surface area (Å²) in [5.74, 6) is -0.832. The van der Waals surface area contributed by atoms with Crippen molar-refractivity contribution in [1.29, 1.82) is 0 Å². The molecular formula is C29H23Cl2NO4. The van der Waals surface area contributed by atoms with Crippen molar-refractivity contribution in [2.45, 2.75) is 19.1 Å². The molecule has 0 aliphatic carbocycles. The summed E-state index contributed by atoms with van der Waals surface area (Å²) in [6.45, 7) is 0.296. The topological polar surface area (TPSA) is 75.6 Å². The molecule has 36 heavy (non-hydrogen) atoms. The first kappa shape index (κ1) is 25.3. The molecule has 0 saturated heterocycles. The Hall–Kier alpha value is -3.80. The lowest BCUT2D eigenvalue weighted by atomic mass is 10.0. The predicted octanol–water partition coefficient (Wildman–Crippen LogP) is 6.67. The van der Waals surface area contributed by atoms with E-state index in [9.17, 15) is 14.7 Å². The van der Waals surface area contributed by atoms with Gasteiger partial charge in [0.1, 0.15) is 18.4 Å². The van der Waals surface area contributed by atoms with E-state index in [4.69, 9.17) is 27.9 Å². The van der Waals surface area contributed by atoms with Gasteiger partial charge >= 0.3 is 5.97 Å². The summed E-state index contributed by atoms with van der Waals surface area (Å²) in [6, 6.07) is 28.1. The van der Waals surface area contributed by atoms with Crippen LogP contribution in [0.3, 0.4) is 0 Å². The van der Waals surface area contributed by atoms with Crippen molar-refractivity contribution in [2.24, 2.45) is 0 Å². The van der Waals surface area contributed by atoms with Crippen LogP contribution in [0.15, 0.2) is 97.1 Å². The van der Waals surface area contributed by atoms with Crippen LogP contribution in [-0.2, 0) is 17.8 Å². The second-order valence-electron chi connectivity index (χ2n) is 8.16. The van der Waals surface area contributed by atoms with Crippen molar-refractivity contribution in [3.63, 3.8) is 0 Å². The summed E-state index contributed by atoms with van der Waals surface area (Å²) < 4.78 is 5.82. The van der Waals surface area contributed by atoms with Gasteiger partial charge in [0.05, 0.1) is 10.0 Å². The number of hydrogen-bond acceptors (Lipinski definition) is 3. The standard InChI is InChI=1S/C29H23Cl2NO4/c30-25-8-4-7-23(27(25)31)18-36-24-15-13-21(14-16-24)20-9-11-22(12-10-20)28(33)32-26(29(34)35)17-19-5-2-1-3-6-19/h1-16,26H,17-18H2,(H,32,33)(H,34,35). The molecule has 0 heterocycles. The number of benzene rings is 4. The van der Waals surface area contributed by atoms with Crippen molar-refractivity contribution in [3.05, 3.63) is 124 Å². The predicted molar refractivity (Wildman–Crippen MR) is 142 cm³/mol. The summed E-state index contributed by atoms with van der Waals surface area (Å²) in [6.07, 6.45) is 0.206. The second kappa shape index (κ2) is 11.8. The van der Waals surface area contributed by atoms with Crippen LogP contribution in [0, 0.1) is 0 Å². The molecule has 5 nitrogen and oxygen atoms in total. The third kappa shape index (κ3) is 6.45. The van der Waals surface area contributed by atoms with Crippen LogP contribution in [0.4, 0.5) is 0 Å². The Bertz CT molecular complexity index is 1340. The van der Waals surface area contributed by atoms with Gasteiger partial charge in [-0.25, -0.2) is 4.79 Å². The maximum Gasteiger partial charge on any atom is 0.326 e. The molecule has 0 aromatic heterocycles. The average Bonchev–Trinajstić information content (AvgIpc) is 2.90. The van der Waals surface area contributed by atoms with E-state index in [0.29, 0.717) is 28.0 Å². The molecule has 0 radical (unpaired) electrons. The molecule has 1 atom stereocenters. The number of nitrogens with one attached hydrogen (secondary N) is 1. The van der Waals surface area contributed by atoms with Crippen LogP contribution in [0.5, 0.6) is 5.75 Å². The van der Waals surface area contributed by atoms with E-state index in [1.807, 2.05) is 78.9 Å². The van der Waals surface area contributed by atoms with E-state index in [2.05, 4.69) is 5.32 Å². The highest BCUT2D eigenvalue weighted by molar-refractivity contribution is 6.42. The minimum Gasteiger partial charge on any atom is -0.489 e. The number of halogens is 2. The van der Waals surface area contributed by atoms with Crippen LogP contribution in [-0.4, -0.2) is 23.0 Å². The first-order valence-corrected chi connectivity index (χ1v) is 12.0. The largest absolute Gasteiger partial charge is 0.489 e. The number of carbonyl (C=O) groups excluding carboxylic acids is 1. The minimum atomic E-state index is -1.08. The Morgan fingerprint density at radius 1 is 0.806 bits per heavy atom. The second-order valence-corrected chi connectivity index (χ2v) is 8.94. The summed E-state index contributed by atoms with van der Waals surface area (Å²) >= 11 is 12.3. The van der Waals surface area contributed by atoms with E-state index < -0.39 is 17.9 Å². The average molecular weight is 520 g/mol. The molecule has 1 unspecified atom stereocenters. The number of carbonyl (C=O) groups is 2. The summed E-state index contributed by atoms with van der Waals surface area (Å²) in [4.78, 5) is 24.3. The van der Waals surface area contributed by atoms with Crippen molar-refractivity contribution in [2.75, 3.05) is 0 Å². The molecule has 4 aromatic carbocycles. The third-order valence-electron chi connectivity index (χ3n) is 5.65. The van der Waals surface area contributed by atoms with Gasteiger partial charge < -0.3 is 15.2 Å². The molecule has 0 aliphatic heterocycles. The molecule has 1 amide bonds. The Morgan fingerprint density at radius 3 is 2.08 bits per heavy atom. The van der Waals surface area contributed by atoms with E-state index in [1.54, 1.807) is 18.2 Å². The Labute approximate surface area is 219 Å². The highest BCUT2D eigenvalue weighted by Crippen LogP contribution is 2.27. The zero-order valence-electron chi connectivity index (χ0n) is 19.2. The zero-order valence-corrected chi connectivity index (χ0v) is 20.7. The van der Waals surface area contributed by atoms with E-state index in [-0.39, 0.29) is 6.42 Å². The molecule has 4 aromatic rings. The maximum atomic E-state index is 12.7. The molecule has 0 aliphatic rings. The first-order valence-electron chi connectivity index (χ1n) is 11.2. The quantitative estimate of drug-likeness (QED) is 0.259. The molecule has 182 valence electrons. The van der Waals surface area contributed by atoms with Crippen LogP contribution in [0.2, 0.25) is 10.0 Å². The van der Waals surface area contributed by atoms with Crippen LogP contribution in [0.25, 0.3) is 11.1 Å². The van der Waals surface area contributed by atoms with Gasteiger partial charge in [0.15, 0.2) is 0 Å².